The molecule has 2 aromatic carbocycles. The fraction of sp³-hybridized carbons (Fsp3) is 0.273. The normalized spacial score (nSPS) is 11.1. The zero-order valence-corrected chi connectivity index (χ0v) is 17.6. The topological polar surface area (TPSA) is 114 Å². The summed E-state index contributed by atoms with van der Waals surface area (Å²) in [4.78, 5) is 47.7. The molecule has 0 aliphatic carbocycles. The van der Waals surface area contributed by atoms with Gasteiger partial charge in [0.1, 0.15) is 13.2 Å². The van der Waals surface area contributed by atoms with Crippen LogP contribution in [-0.2, 0) is 32.1 Å². The van der Waals surface area contributed by atoms with Crippen molar-refractivity contribution in [2.45, 2.75) is 19.1 Å². The number of hydrogen-bond donors (Lipinski definition) is 3. The van der Waals surface area contributed by atoms with Crippen molar-refractivity contribution in [3.05, 3.63) is 71.8 Å². The highest BCUT2D eigenvalue weighted by Crippen LogP contribution is 2.05. The number of alkyl carbamates (subject to hydrolysis) is 1. The van der Waals surface area contributed by atoms with Crippen LogP contribution in [0.4, 0.5) is 4.79 Å². The lowest BCUT2D eigenvalue weighted by molar-refractivity contribution is -0.128. The minimum absolute atomic E-state index is 0.0775. The van der Waals surface area contributed by atoms with Crippen molar-refractivity contribution in [1.29, 1.82) is 0 Å². The second kappa shape index (κ2) is 13.0. The van der Waals surface area contributed by atoms with Crippen LogP contribution in [-0.4, -0.2) is 48.7 Å². The fourth-order valence-electron chi connectivity index (χ4n) is 2.60. The average molecular weight is 446 g/mol. The number of hydrogen-bond acceptors (Lipinski definition) is 5. The number of carbonyl (C=O) groups excluding carboxylic acids is 4. The SMILES string of the molecule is O=C(CNC(=O)OCc1ccccc1)NCC(=O)NC(Cc1ccccc1)C(=O)CCl. The summed E-state index contributed by atoms with van der Waals surface area (Å²) < 4.78 is 4.99. The van der Waals surface area contributed by atoms with Gasteiger partial charge in [0.05, 0.1) is 18.5 Å². The second-order valence-corrected chi connectivity index (χ2v) is 6.87. The Morgan fingerprint density at radius 3 is 2.00 bits per heavy atom. The smallest absolute Gasteiger partial charge is 0.407 e. The Kier molecular flexibility index (Phi) is 10.0. The highest BCUT2D eigenvalue weighted by Gasteiger charge is 2.20. The summed E-state index contributed by atoms with van der Waals surface area (Å²) in [5.74, 6) is -1.68. The predicted octanol–water partition coefficient (Wildman–Crippen LogP) is 1.56. The molecule has 0 spiro atoms. The van der Waals surface area contributed by atoms with Crippen molar-refractivity contribution in [3.8, 4) is 0 Å². The molecule has 0 saturated carbocycles. The van der Waals surface area contributed by atoms with Gasteiger partial charge in [-0.25, -0.2) is 4.79 Å². The Morgan fingerprint density at radius 1 is 0.806 bits per heavy atom. The Labute approximate surface area is 185 Å². The zero-order valence-electron chi connectivity index (χ0n) is 16.8. The van der Waals surface area contributed by atoms with E-state index in [1.165, 1.54) is 0 Å². The molecule has 164 valence electrons. The van der Waals surface area contributed by atoms with Crippen molar-refractivity contribution < 1.29 is 23.9 Å². The van der Waals surface area contributed by atoms with Gasteiger partial charge in [-0.1, -0.05) is 60.7 Å². The first-order valence-corrected chi connectivity index (χ1v) is 10.1. The van der Waals surface area contributed by atoms with Gasteiger partial charge in [-0.05, 0) is 17.5 Å². The molecule has 0 radical (unpaired) electrons. The summed E-state index contributed by atoms with van der Waals surface area (Å²) in [5.41, 5.74) is 1.68. The lowest BCUT2D eigenvalue weighted by Gasteiger charge is -2.17. The van der Waals surface area contributed by atoms with E-state index in [1.54, 1.807) is 12.1 Å². The van der Waals surface area contributed by atoms with Crippen LogP contribution in [0.3, 0.4) is 0 Å². The highest BCUT2D eigenvalue weighted by atomic mass is 35.5. The van der Waals surface area contributed by atoms with Gasteiger partial charge in [0.2, 0.25) is 11.8 Å². The molecule has 0 saturated heterocycles. The third-order valence-corrected chi connectivity index (χ3v) is 4.45. The minimum atomic E-state index is -0.796. The molecule has 0 aromatic heterocycles. The molecule has 0 heterocycles. The predicted molar refractivity (Wildman–Crippen MR) is 115 cm³/mol. The lowest BCUT2D eigenvalue weighted by Crippen LogP contribution is -2.48. The summed E-state index contributed by atoms with van der Waals surface area (Å²) in [6, 6.07) is 17.5. The number of carbonyl (C=O) groups is 4. The molecular weight excluding hydrogens is 422 g/mol. The van der Waals surface area contributed by atoms with Crippen molar-refractivity contribution in [1.82, 2.24) is 16.0 Å². The van der Waals surface area contributed by atoms with Crippen LogP contribution in [0.25, 0.3) is 0 Å². The van der Waals surface area contributed by atoms with Gasteiger partial charge in [0, 0.05) is 0 Å². The second-order valence-electron chi connectivity index (χ2n) is 6.60. The van der Waals surface area contributed by atoms with E-state index in [2.05, 4.69) is 16.0 Å². The third-order valence-electron chi connectivity index (χ3n) is 4.19. The molecule has 31 heavy (non-hydrogen) atoms. The van der Waals surface area contributed by atoms with Crippen LogP contribution in [0.5, 0.6) is 0 Å². The number of nitrogens with one attached hydrogen (secondary N) is 3. The molecule has 3 N–H and O–H groups in total. The van der Waals surface area contributed by atoms with Gasteiger partial charge < -0.3 is 20.7 Å². The van der Waals surface area contributed by atoms with Crippen molar-refractivity contribution in [2.24, 2.45) is 0 Å². The van der Waals surface area contributed by atoms with Crippen LogP contribution in [0.15, 0.2) is 60.7 Å². The molecular formula is C22H24ClN3O5. The molecule has 0 fully saturated rings. The van der Waals surface area contributed by atoms with E-state index < -0.39 is 23.9 Å². The quantitative estimate of drug-likeness (QED) is 0.454. The minimum Gasteiger partial charge on any atom is -0.445 e. The summed E-state index contributed by atoms with van der Waals surface area (Å²) in [7, 11) is 0. The summed E-state index contributed by atoms with van der Waals surface area (Å²) in [5, 5.41) is 7.25. The van der Waals surface area contributed by atoms with Crippen LogP contribution >= 0.6 is 11.6 Å². The number of Topliss-reactive ketones (excluding diaryl/α,β-unsaturated/α-hetero) is 1. The number of benzene rings is 2. The average Bonchev–Trinajstić information content (AvgIpc) is 2.80. The van der Waals surface area contributed by atoms with Crippen molar-refractivity contribution in [3.63, 3.8) is 0 Å². The van der Waals surface area contributed by atoms with Gasteiger partial charge >= 0.3 is 6.09 Å². The monoisotopic (exact) mass is 445 g/mol. The van der Waals surface area contributed by atoms with Gasteiger partial charge in [-0.2, -0.15) is 0 Å². The molecule has 9 heteroatoms. The number of halogens is 1. The molecule has 2 aromatic rings. The van der Waals surface area contributed by atoms with Crippen LogP contribution in [0.1, 0.15) is 11.1 Å². The molecule has 0 aliphatic rings. The first-order valence-electron chi connectivity index (χ1n) is 9.61. The van der Waals surface area contributed by atoms with E-state index in [0.29, 0.717) is 6.42 Å². The Balaban J connectivity index is 1.70. The van der Waals surface area contributed by atoms with E-state index in [0.717, 1.165) is 11.1 Å². The van der Waals surface area contributed by atoms with Gasteiger partial charge in [-0.15, -0.1) is 11.6 Å². The van der Waals surface area contributed by atoms with E-state index >= 15 is 0 Å². The standard InChI is InChI=1S/C22H24ClN3O5/c23-12-19(27)18(11-16-7-3-1-4-8-16)26-21(29)14-24-20(28)13-25-22(30)31-15-17-9-5-2-6-10-17/h1-10,18H,11-15H2,(H,24,28)(H,25,30)(H,26,29). The maximum atomic E-state index is 12.1. The molecule has 2 rings (SSSR count). The summed E-state index contributed by atoms with van der Waals surface area (Å²) in [6.45, 7) is -0.622. The maximum absolute atomic E-state index is 12.1. The largest absolute Gasteiger partial charge is 0.445 e. The third kappa shape index (κ3) is 9.31. The Morgan fingerprint density at radius 2 is 1.39 bits per heavy atom. The maximum Gasteiger partial charge on any atom is 0.407 e. The number of ether oxygens (including phenoxy) is 1. The first-order chi connectivity index (χ1) is 15.0. The van der Waals surface area contributed by atoms with Gasteiger partial charge in [0.25, 0.3) is 0 Å². The Bertz CT molecular complexity index is 877. The molecule has 0 aliphatic heterocycles. The lowest BCUT2D eigenvalue weighted by atomic mass is 10.0. The number of rotatable bonds is 11. The molecule has 8 nitrogen and oxygen atoms in total. The fourth-order valence-corrected chi connectivity index (χ4v) is 2.79. The van der Waals surface area contributed by atoms with E-state index in [1.807, 2.05) is 48.5 Å². The summed E-state index contributed by atoms with van der Waals surface area (Å²) >= 11 is 5.64. The van der Waals surface area contributed by atoms with Crippen LogP contribution < -0.4 is 16.0 Å². The van der Waals surface area contributed by atoms with E-state index in [9.17, 15) is 19.2 Å². The highest BCUT2D eigenvalue weighted by molar-refractivity contribution is 6.28. The molecule has 1 unspecified atom stereocenters. The molecule has 1 atom stereocenters. The number of amides is 3. The molecule has 3 amide bonds. The van der Waals surface area contributed by atoms with Crippen LogP contribution in [0, 0.1) is 0 Å². The summed E-state index contributed by atoms with van der Waals surface area (Å²) in [6.07, 6.45) is -0.458. The number of ketones is 1. The van der Waals surface area contributed by atoms with E-state index in [-0.39, 0.29) is 31.4 Å². The van der Waals surface area contributed by atoms with Crippen molar-refractivity contribution in [2.75, 3.05) is 19.0 Å². The van der Waals surface area contributed by atoms with Gasteiger partial charge in [0.15, 0.2) is 5.78 Å². The van der Waals surface area contributed by atoms with E-state index in [4.69, 9.17) is 16.3 Å². The Hall–Kier alpha value is -3.39. The van der Waals surface area contributed by atoms with Crippen molar-refractivity contribution >= 4 is 35.3 Å². The molecule has 0 bridgehead atoms. The first kappa shape index (κ1) is 23.9. The van der Waals surface area contributed by atoms with Gasteiger partial charge in [-0.3, -0.25) is 14.4 Å². The van der Waals surface area contributed by atoms with Crippen LogP contribution in [0.2, 0.25) is 0 Å². The number of alkyl halides is 1. The zero-order chi connectivity index (χ0) is 22.5.